The first-order chi connectivity index (χ1) is 13.9. The van der Waals surface area contributed by atoms with E-state index < -0.39 is 11.6 Å². The Hall–Kier alpha value is -3.19. The zero-order chi connectivity index (χ0) is 20.5. The molecular weight excluding hydrogens is 372 g/mol. The summed E-state index contributed by atoms with van der Waals surface area (Å²) in [4.78, 5) is 30.2. The molecule has 3 aromatic rings. The molecule has 0 bridgehead atoms. The van der Waals surface area contributed by atoms with Gasteiger partial charge in [0.2, 0.25) is 0 Å². The number of pyridine rings is 2. The maximum atomic E-state index is 13.2. The van der Waals surface area contributed by atoms with E-state index in [-0.39, 0.29) is 24.3 Å². The largest absolute Gasteiger partial charge is 0.872 e. The number of fused-ring (bicyclic) bond motifs is 5. The van der Waals surface area contributed by atoms with Crippen LogP contribution in [0.1, 0.15) is 42.5 Å². The SMILES string of the molecule is CCc1c2c(nc3ccc([O-])cc13)-c1cc3c(c(=O)n1C2)COC(=O)[C@]3(O)CC. The summed E-state index contributed by atoms with van der Waals surface area (Å²) in [6, 6.07) is 6.45. The fraction of sp³-hybridized carbons (Fsp3) is 0.318. The van der Waals surface area contributed by atoms with Crippen LogP contribution in [0.4, 0.5) is 0 Å². The zero-order valence-corrected chi connectivity index (χ0v) is 16.1. The molecule has 7 heteroatoms. The summed E-state index contributed by atoms with van der Waals surface area (Å²) < 4.78 is 6.71. The van der Waals surface area contributed by atoms with Gasteiger partial charge in [-0.3, -0.25) is 4.79 Å². The van der Waals surface area contributed by atoms with Crippen molar-refractivity contribution >= 4 is 16.9 Å². The molecule has 0 aliphatic carbocycles. The fourth-order valence-electron chi connectivity index (χ4n) is 4.54. The Morgan fingerprint density at radius 1 is 1.24 bits per heavy atom. The highest BCUT2D eigenvalue weighted by Crippen LogP contribution is 2.40. The third-order valence-corrected chi connectivity index (χ3v) is 6.13. The van der Waals surface area contributed by atoms with Gasteiger partial charge in [-0.05, 0) is 30.5 Å². The predicted molar refractivity (Wildman–Crippen MR) is 103 cm³/mol. The first-order valence-corrected chi connectivity index (χ1v) is 9.68. The van der Waals surface area contributed by atoms with Crippen molar-refractivity contribution in [3.8, 4) is 17.1 Å². The average Bonchev–Trinajstić information content (AvgIpc) is 3.08. The Balaban J connectivity index is 1.84. The number of hydrogen-bond donors (Lipinski definition) is 1. The molecule has 29 heavy (non-hydrogen) atoms. The molecule has 0 unspecified atom stereocenters. The number of carbonyl (C=O) groups is 1. The number of aliphatic hydroxyl groups is 1. The first kappa shape index (κ1) is 17.9. The number of benzene rings is 1. The lowest BCUT2D eigenvalue weighted by Gasteiger charge is -2.31. The lowest BCUT2D eigenvalue weighted by atomic mass is 9.86. The molecule has 7 nitrogen and oxygen atoms in total. The second-order valence-electron chi connectivity index (χ2n) is 7.55. The number of ether oxygens (including phenoxy) is 1. The lowest BCUT2D eigenvalue weighted by Crippen LogP contribution is -2.44. The van der Waals surface area contributed by atoms with Crippen LogP contribution >= 0.6 is 0 Å². The molecule has 4 heterocycles. The van der Waals surface area contributed by atoms with Gasteiger partial charge in [-0.2, -0.15) is 0 Å². The van der Waals surface area contributed by atoms with Crippen molar-refractivity contribution in [3.05, 3.63) is 56.9 Å². The maximum absolute atomic E-state index is 13.2. The minimum atomic E-state index is -1.84. The van der Waals surface area contributed by atoms with Crippen molar-refractivity contribution in [2.45, 2.75) is 45.4 Å². The molecule has 0 fully saturated rings. The monoisotopic (exact) mass is 391 g/mol. The summed E-state index contributed by atoms with van der Waals surface area (Å²) in [7, 11) is 0. The first-order valence-electron chi connectivity index (χ1n) is 9.68. The van der Waals surface area contributed by atoms with Crippen LogP contribution in [-0.4, -0.2) is 20.6 Å². The van der Waals surface area contributed by atoms with E-state index in [0.29, 0.717) is 41.0 Å². The van der Waals surface area contributed by atoms with Gasteiger partial charge in [-0.15, -0.1) is 5.75 Å². The molecule has 148 valence electrons. The van der Waals surface area contributed by atoms with E-state index in [4.69, 9.17) is 9.72 Å². The molecule has 0 saturated carbocycles. The second-order valence-corrected chi connectivity index (χ2v) is 7.55. The molecule has 2 aliphatic heterocycles. The molecule has 1 atom stereocenters. The van der Waals surface area contributed by atoms with E-state index in [1.807, 2.05) is 6.92 Å². The molecule has 2 aromatic heterocycles. The van der Waals surface area contributed by atoms with Gasteiger partial charge in [0.25, 0.3) is 5.56 Å². The highest BCUT2D eigenvalue weighted by atomic mass is 16.6. The number of cyclic esters (lactones) is 1. The highest BCUT2D eigenvalue weighted by Gasteiger charge is 2.45. The normalized spacial score (nSPS) is 19.6. The van der Waals surface area contributed by atoms with Crippen molar-refractivity contribution in [1.29, 1.82) is 0 Å². The van der Waals surface area contributed by atoms with Gasteiger partial charge in [-0.1, -0.05) is 26.0 Å². The number of rotatable bonds is 2. The van der Waals surface area contributed by atoms with Gasteiger partial charge in [0, 0.05) is 16.5 Å². The van der Waals surface area contributed by atoms with Crippen molar-refractivity contribution < 1.29 is 19.7 Å². The van der Waals surface area contributed by atoms with Crippen LogP contribution in [-0.2, 0) is 34.7 Å². The van der Waals surface area contributed by atoms with E-state index in [1.54, 1.807) is 29.7 Å². The summed E-state index contributed by atoms with van der Waals surface area (Å²) in [5.41, 5.74) is 2.28. The Morgan fingerprint density at radius 3 is 2.76 bits per heavy atom. The third kappa shape index (κ3) is 2.25. The summed E-state index contributed by atoms with van der Waals surface area (Å²) in [6.45, 7) is 3.87. The highest BCUT2D eigenvalue weighted by molar-refractivity contribution is 5.89. The molecular formula is C22H19N2O5-. The van der Waals surface area contributed by atoms with Gasteiger partial charge in [0.15, 0.2) is 5.60 Å². The fourth-order valence-corrected chi connectivity index (χ4v) is 4.54. The van der Waals surface area contributed by atoms with Crippen molar-refractivity contribution in [2.75, 3.05) is 0 Å². The number of esters is 1. The molecule has 0 amide bonds. The second kappa shape index (κ2) is 5.90. The van der Waals surface area contributed by atoms with Crippen LogP contribution in [0.3, 0.4) is 0 Å². The van der Waals surface area contributed by atoms with Gasteiger partial charge in [0.1, 0.15) is 6.61 Å². The van der Waals surface area contributed by atoms with Crippen LogP contribution in [0.2, 0.25) is 0 Å². The third-order valence-electron chi connectivity index (χ3n) is 6.13. The topological polar surface area (TPSA) is 104 Å². The van der Waals surface area contributed by atoms with E-state index in [2.05, 4.69) is 0 Å². The minimum Gasteiger partial charge on any atom is -0.872 e. The van der Waals surface area contributed by atoms with Crippen LogP contribution in [0, 0.1) is 0 Å². The minimum absolute atomic E-state index is 0.0826. The summed E-state index contributed by atoms with van der Waals surface area (Å²) in [5, 5.41) is 23.6. The summed E-state index contributed by atoms with van der Waals surface area (Å²) >= 11 is 0. The van der Waals surface area contributed by atoms with Crippen molar-refractivity contribution in [1.82, 2.24) is 9.55 Å². The predicted octanol–water partition coefficient (Wildman–Crippen LogP) is 1.72. The molecule has 0 saturated heterocycles. The Kier molecular flexibility index (Phi) is 3.64. The van der Waals surface area contributed by atoms with Crippen LogP contribution in [0.5, 0.6) is 5.75 Å². The Morgan fingerprint density at radius 2 is 2.03 bits per heavy atom. The molecule has 5 rings (SSSR count). The van der Waals surface area contributed by atoms with Crippen LogP contribution < -0.4 is 10.7 Å². The Labute approximate surface area is 166 Å². The van der Waals surface area contributed by atoms with E-state index in [0.717, 1.165) is 16.5 Å². The summed E-state index contributed by atoms with van der Waals surface area (Å²) in [6.07, 6.45) is 0.792. The standard InChI is InChI=1S/C22H20N2O5/c1-3-12-13-7-11(25)5-6-17(13)23-19-14(12)9-24-18(19)8-16-15(20(24)26)10-29-21(27)22(16,28)4-2/h5-8,25,28H,3-4,9-10H2,1-2H3/p-1/t22-/m0/s1. The van der Waals surface area contributed by atoms with Gasteiger partial charge < -0.3 is 19.5 Å². The number of carbonyl (C=O) groups excluding carboxylic acids is 1. The molecule has 2 aliphatic rings. The van der Waals surface area contributed by atoms with Gasteiger partial charge >= 0.3 is 5.97 Å². The smallest absolute Gasteiger partial charge is 0.343 e. The van der Waals surface area contributed by atoms with Gasteiger partial charge in [-0.25, -0.2) is 9.78 Å². The maximum Gasteiger partial charge on any atom is 0.343 e. The zero-order valence-electron chi connectivity index (χ0n) is 16.1. The Bertz CT molecular complexity index is 1280. The van der Waals surface area contributed by atoms with Gasteiger partial charge in [0.05, 0.1) is 29.0 Å². The van der Waals surface area contributed by atoms with E-state index in [9.17, 15) is 19.8 Å². The number of nitrogens with zero attached hydrogens (tertiary/aromatic N) is 2. The number of aromatic nitrogens is 2. The summed E-state index contributed by atoms with van der Waals surface area (Å²) in [5.74, 6) is -0.820. The average molecular weight is 391 g/mol. The van der Waals surface area contributed by atoms with Crippen LogP contribution in [0.25, 0.3) is 22.3 Å². The van der Waals surface area contributed by atoms with Crippen molar-refractivity contribution in [2.24, 2.45) is 0 Å². The number of hydrogen-bond acceptors (Lipinski definition) is 6. The lowest BCUT2D eigenvalue weighted by molar-refractivity contribution is -0.268. The van der Waals surface area contributed by atoms with Crippen LogP contribution in [0.15, 0.2) is 29.1 Å². The quantitative estimate of drug-likeness (QED) is 0.522. The number of aryl methyl sites for hydroxylation is 1. The van der Waals surface area contributed by atoms with E-state index in [1.165, 1.54) is 6.07 Å². The molecule has 0 radical (unpaired) electrons. The van der Waals surface area contributed by atoms with E-state index >= 15 is 0 Å². The van der Waals surface area contributed by atoms with Crippen molar-refractivity contribution in [3.63, 3.8) is 0 Å². The molecule has 1 aromatic carbocycles. The molecule has 1 N–H and O–H groups in total. The molecule has 0 spiro atoms.